The highest BCUT2D eigenvalue weighted by Gasteiger charge is 2.26. The lowest BCUT2D eigenvalue weighted by Crippen LogP contribution is -2.37. The first kappa shape index (κ1) is 14.3. The average Bonchev–Trinajstić information content (AvgIpc) is 3.24. The Labute approximate surface area is 135 Å². The zero-order chi connectivity index (χ0) is 14.9. The monoisotopic (exact) mass is 316 g/mol. The maximum absolute atomic E-state index is 12.8. The third-order valence-corrected chi connectivity index (χ3v) is 6.18. The summed E-state index contributed by atoms with van der Waals surface area (Å²) in [5.74, 6) is 0.141. The Kier molecular flexibility index (Phi) is 3.95. The lowest BCUT2D eigenvalue weighted by atomic mass is 9.95. The van der Waals surface area contributed by atoms with Gasteiger partial charge in [-0.3, -0.25) is 4.79 Å². The van der Waals surface area contributed by atoms with Crippen LogP contribution in [0.3, 0.4) is 0 Å². The average molecular weight is 316 g/mol. The standard InChI is InChI=1S/C18H24N2OS/c21-18(19-13-6-2-1-3-7-13)16-12-17-15(10-11-22-17)20(16)14-8-4-5-9-14/h10-14H,1-9H2,(H,19,21). The molecule has 0 unspecified atom stereocenters. The number of hydrogen-bond donors (Lipinski definition) is 1. The third kappa shape index (κ3) is 2.58. The number of hydrogen-bond acceptors (Lipinski definition) is 2. The van der Waals surface area contributed by atoms with Crippen LogP contribution in [0.4, 0.5) is 0 Å². The fraction of sp³-hybridized carbons (Fsp3) is 0.611. The molecule has 2 saturated carbocycles. The van der Waals surface area contributed by atoms with Crippen molar-refractivity contribution in [1.29, 1.82) is 0 Å². The van der Waals surface area contributed by atoms with Crippen molar-refractivity contribution in [2.24, 2.45) is 0 Å². The van der Waals surface area contributed by atoms with Crippen LogP contribution in [0, 0.1) is 0 Å². The first-order valence-electron chi connectivity index (χ1n) is 8.72. The topological polar surface area (TPSA) is 34.0 Å². The van der Waals surface area contributed by atoms with E-state index in [4.69, 9.17) is 0 Å². The van der Waals surface area contributed by atoms with Crippen LogP contribution in [0.5, 0.6) is 0 Å². The molecule has 0 aromatic carbocycles. The summed E-state index contributed by atoms with van der Waals surface area (Å²) in [6, 6.07) is 5.18. The predicted molar refractivity (Wildman–Crippen MR) is 91.7 cm³/mol. The molecule has 0 radical (unpaired) electrons. The van der Waals surface area contributed by atoms with E-state index in [-0.39, 0.29) is 5.91 Å². The van der Waals surface area contributed by atoms with Crippen molar-refractivity contribution in [2.75, 3.05) is 0 Å². The maximum atomic E-state index is 12.8. The number of thiophene rings is 1. The smallest absolute Gasteiger partial charge is 0.268 e. The molecule has 3 nitrogen and oxygen atoms in total. The summed E-state index contributed by atoms with van der Waals surface area (Å²) < 4.78 is 3.58. The molecule has 2 heterocycles. The summed E-state index contributed by atoms with van der Waals surface area (Å²) in [6.45, 7) is 0. The Hall–Kier alpha value is -1.29. The Balaban J connectivity index is 1.63. The molecule has 2 aliphatic carbocycles. The summed E-state index contributed by atoms with van der Waals surface area (Å²) in [4.78, 5) is 12.8. The van der Waals surface area contributed by atoms with E-state index in [1.807, 2.05) is 0 Å². The van der Waals surface area contributed by atoms with Gasteiger partial charge in [0.15, 0.2) is 0 Å². The van der Waals surface area contributed by atoms with Crippen LogP contribution >= 0.6 is 11.3 Å². The van der Waals surface area contributed by atoms with Crippen LogP contribution in [0.2, 0.25) is 0 Å². The highest BCUT2D eigenvalue weighted by Crippen LogP contribution is 2.36. The van der Waals surface area contributed by atoms with Gasteiger partial charge in [0.05, 0.1) is 10.2 Å². The van der Waals surface area contributed by atoms with Gasteiger partial charge in [0.1, 0.15) is 5.69 Å². The van der Waals surface area contributed by atoms with Gasteiger partial charge >= 0.3 is 0 Å². The van der Waals surface area contributed by atoms with Gasteiger partial charge in [-0.1, -0.05) is 32.1 Å². The normalized spacial score (nSPS) is 20.7. The van der Waals surface area contributed by atoms with Gasteiger partial charge in [-0.2, -0.15) is 0 Å². The fourth-order valence-electron chi connectivity index (χ4n) is 4.18. The first-order chi connectivity index (χ1) is 10.8. The van der Waals surface area contributed by atoms with Gasteiger partial charge in [0.25, 0.3) is 5.91 Å². The second-order valence-corrected chi connectivity index (χ2v) is 7.76. The van der Waals surface area contributed by atoms with Gasteiger partial charge in [-0.25, -0.2) is 0 Å². The molecule has 22 heavy (non-hydrogen) atoms. The van der Waals surface area contributed by atoms with E-state index in [0.717, 1.165) is 18.5 Å². The van der Waals surface area contributed by atoms with Gasteiger partial charge in [0, 0.05) is 12.1 Å². The molecule has 0 spiro atoms. The lowest BCUT2D eigenvalue weighted by molar-refractivity contribution is 0.0916. The van der Waals surface area contributed by atoms with Crippen molar-refractivity contribution in [3.05, 3.63) is 23.2 Å². The Morgan fingerprint density at radius 2 is 1.82 bits per heavy atom. The molecule has 2 aromatic heterocycles. The van der Waals surface area contributed by atoms with Gasteiger partial charge in [0.2, 0.25) is 0 Å². The summed E-state index contributed by atoms with van der Waals surface area (Å²) in [7, 11) is 0. The Bertz CT molecular complexity index is 660. The molecule has 0 atom stereocenters. The highest BCUT2D eigenvalue weighted by molar-refractivity contribution is 7.17. The zero-order valence-corrected chi connectivity index (χ0v) is 13.8. The number of nitrogens with zero attached hydrogens (tertiary/aromatic N) is 1. The van der Waals surface area contributed by atoms with E-state index in [1.165, 1.54) is 55.2 Å². The van der Waals surface area contributed by atoms with Gasteiger partial charge in [-0.05, 0) is 43.2 Å². The van der Waals surface area contributed by atoms with Crippen LogP contribution in [0.15, 0.2) is 17.5 Å². The van der Waals surface area contributed by atoms with Gasteiger partial charge < -0.3 is 9.88 Å². The molecule has 2 aromatic rings. The second kappa shape index (κ2) is 6.07. The number of nitrogens with one attached hydrogen (secondary N) is 1. The van der Waals surface area contributed by atoms with Crippen LogP contribution in [0.1, 0.15) is 74.3 Å². The minimum atomic E-state index is 0.141. The predicted octanol–water partition coefficient (Wildman–Crippen LogP) is 4.88. The van der Waals surface area contributed by atoms with Gasteiger partial charge in [-0.15, -0.1) is 11.3 Å². The van der Waals surface area contributed by atoms with E-state index >= 15 is 0 Å². The molecular weight excluding hydrogens is 292 g/mol. The van der Waals surface area contributed by atoms with Crippen molar-refractivity contribution >= 4 is 27.5 Å². The molecule has 0 bridgehead atoms. The van der Waals surface area contributed by atoms with E-state index in [2.05, 4.69) is 27.4 Å². The lowest BCUT2D eigenvalue weighted by Gasteiger charge is -2.24. The second-order valence-electron chi connectivity index (χ2n) is 6.82. The highest BCUT2D eigenvalue weighted by atomic mass is 32.1. The quantitative estimate of drug-likeness (QED) is 0.860. The van der Waals surface area contributed by atoms with Crippen molar-refractivity contribution in [3.63, 3.8) is 0 Å². The maximum Gasteiger partial charge on any atom is 0.268 e. The molecule has 1 amide bonds. The summed E-state index contributed by atoms with van der Waals surface area (Å²) in [6.07, 6.45) is 11.1. The van der Waals surface area contributed by atoms with E-state index in [1.54, 1.807) is 11.3 Å². The number of aromatic nitrogens is 1. The van der Waals surface area contributed by atoms with E-state index in [0.29, 0.717) is 12.1 Å². The largest absolute Gasteiger partial charge is 0.348 e. The summed E-state index contributed by atoms with van der Waals surface area (Å²) in [5.41, 5.74) is 2.14. The molecule has 0 saturated heterocycles. The van der Waals surface area contributed by atoms with Crippen molar-refractivity contribution in [1.82, 2.24) is 9.88 Å². The van der Waals surface area contributed by atoms with E-state index in [9.17, 15) is 4.79 Å². The molecule has 4 heteroatoms. The van der Waals surface area contributed by atoms with E-state index < -0.39 is 0 Å². The zero-order valence-electron chi connectivity index (χ0n) is 13.0. The number of fused-ring (bicyclic) bond motifs is 1. The van der Waals surface area contributed by atoms with Crippen LogP contribution in [-0.4, -0.2) is 16.5 Å². The molecule has 1 N–H and O–H groups in total. The molecule has 0 aliphatic heterocycles. The first-order valence-corrected chi connectivity index (χ1v) is 9.60. The minimum Gasteiger partial charge on any atom is -0.348 e. The van der Waals surface area contributed by atoms with Crippen LogP contribution in [-0.2, 0) is 0 Å². The molecular formula is C18H24N2OS. The molecule has 2 fully saturated rings. The number of carbonyl (C=O) groups is 1. The molecule has 4 rings (SSSR count). The van der Waals surface area contributed by atoms with Crippen molar-refractivity contribution in [2.45, 2.75) is 69.9 Å². The molecule has 118 valence electrons. The number of carbonyl (C=O) groups excluding carboxylic acids is 1. The SMILES string of the molecule is O=C(NC1CCCCC1)c1cc2sccc2n1C1CCCC1. The summed E-state index contributed by atoms with van der Waals surface area (Å²) >= 11 is 1.74. The Morgan fingerprint density at radius 1 is 1.09 bits per heavy atom. The fourth-order valence-corrected chi connectivity index (χ4v) is 4.99. The Morgan fingerprint density at radius 3 is 2.59 bits per heavy atom. The van der Waals surface area contributed by atoms with Crippen molar-refractivity contribution in [3.8, 4) is 0 Å². The van der Waals surface area contributed by atoms with Crippen LogP contribution in [0.25, 0.3) is 10.2 Å². The molecule has 2 aliphatic rings. The summed E-state index contributed by atoms with van der Waals surface area (Å²) in [5, 5.41) is 5.43. The number of amides is 1. The van der Waals surface area contributed by atoms with Crippen molar-refractivity contribution < 1.29 is 4.79 Å². The van der Waals surface area contributed by atoms with Crippen LogP contribution < -0.4 is 5.32 Å². The number of rotatable bonds is 3. The minimum absolute atomic E-state index is 0.141. The third-order valence-electron chi connectivity index (χ3n) is 5.32.